The Morgan fingerprint density at radius 2 is 2.23 bits per heavy atom. The van der Waals surface area contributed by atoms with Crippen molar-refractivity contribution in [3.8, 4) is 0 Å². The Labute approximate surface area is 137 Å². The molecule has 0 saturated heterocycles. The van der Waals surface area contributed by atoms with E-state index in [-0.39, 0.29) is 21.7 Å². The zero-order valence-electron chi connectivity index (χ0n) is 11.7. The van der Waals surface area contributed by atoms with Crippen LogP contribution in [0.3, 0.4) is 0 Å². The predicted octanol–water partition coefficient (Wildman–Crippen LogP) is 1.48. The topological polar surface area (TPSA) is 104 Å². The zero-order chi connectivity index (χ0) is 16.2. The fourth-order valence-electron chi connectivity index (χ4n) is 1.77. The van der Waals surface area contributed by atoms with Crippen LogP contribution in [-0.2, 0) is 9.84 Å². The summed E-state index contributed by atoms with van der Waals surface area (Å²) in [5, 5.41) is 17.6. The van der Waals surface area contributed by atoms with E-state index < -0.39 is 15.9 Å². The van der Waals surface area contributed by atoms with E-state index >= 15 is 0 Å². The van der Waals surface area contributed by atoms with E-state index in [2.05, 4.69) is 20.6 Å². The second-order valence-electron chi connectivity index (χ2n) is 4.39. The van der Waals surface area contributed by atoms with Gasteiger partial charge in [0.1, 0.15) is 16.2 Å². The van der Waals surface area contributed by atoms with Crippen LogP contribution < -0.4 is 10.6 Å². The van der Waals surface area contributed by atoms with E-state index in [0.29, 0.717) is 11.5 Å². The number of halogens is 1. The third-order valence-corrected chi connectivity index (χ3v) is 6.34. The molecular weight excluding hydrogens is 348 g/mol. The Morgan fingerprint density at radius 3 is 2.86 bits per heavy atom. The molecule has 0 aliphatic heterocycles. The number of hydrogen-bond acceptors (Lipinski definition) is 8. The summed E-state index contributed by atoms with van der Waals surface area (Å²) in [4.78, 5) is 7.83. The van der Waals surface area contributed by atoms with Crippen molar-refractivity contribution in [1.82, 2.24) is 9.97 Å². The SMILES string of the molecule is CNc1c(Cl)ncnc1NCC(O)CS(=O)(=O)c1cccs1. The molecule has 2 rings (SSSR count). The molecule has 22 heavy (non-hydrogen) atoms. The lowest BCUT2D eigenvalue weighted by Crippen LogP contribution is -2.28. The highest BCUT2D eigenvalue weighted by atomic mass is 35.5. The van der Waals surface area contributed by atoms with Gasteiger partial charge in [0.15, 0.2) is 20.8 Å². The summed E-state index contributed by atoms with van der Waals surface area (Å²) in [7, 11) is -1.83. The third kappa shape index (κ3) is 4.07. The number of thiophene rings is 1. The van der Waals surface area contributed by atoms with Crippen LogP contribution >= 0.6 is 22.9 Å². The summed E-state index contributed by atoms with van der Waals surface area (Å²) in [6.07, 6.45) is 0.200. The highest BCUT2D eigenvalue weighted by Gasteiger charge is 2.21. The number of aromatic nitrogens is 2. The smallest absolute Gasteiger partial charge is 0.190 e. The van der Waals surface area contributed by atoms with Crippen LogP contribution in [0.1, 0.15) is 0 Å². The molecule has 0 aliphatic rings. The molecule has 0 fully saturated rings. The fourth-order valence-corrected chi connectivity index (χ4v) is 4.48. The highest BCUT2D eigenvalue weighted by molar-refractivity contribution is 7.93. The number of rotatable bonds is 7. The second kappa shape index (κ2) is 7.23. The van der Waals surface area contributed by atoms with Gasteiger partial charge in [0.05, 0.1) is 11.9 Å². The number of aliphatic hydroxyl groups excluding tert-OH is 1. The van der Waals surface area contributed by atoms with E-state index in [0.717, 1.165) is 11.3 Å². The van der Waals surface area contributed by atoms with Crippen molar-refractivity contribution in [3.63, 3.8) is 0 Å². The Balaban J connectivity index is 1.99. The average molecular weight is 363 g/mol. The maximum Gasteiger partial charge on any atom is 0.190 e. The summed E-state index contributed by atoms with van der Waals surface area (Å²) in [5.74, 6) is 0.0314. The first-order valence-corrected chi connectivity index (χ1v) is 9.21. The van der Waals surface area contributed by atoms with Crippen LogP contribution in [0.4, 0.5) is 11.5 Å². The van der Waals surface area contributed by atoms with Gasteiger partial charge in [0, 0.05) is 13.6 Å². The fraction of sp³-hybridized carbons (Fsp3) is 0.333. The predicted molar refractivity (Wildman–Crippen MR) is 87.5 cm³/mol. The van der Waals surface area contributed by atoms with Gasteiger partial charge in [-0.25, -0.2) is 18.4 Å². The van der Waals surface area contributed by atoms with Gasteiger partial charge >= 0.3 is 0 Å². The highest BCUT2D eigenvalue weighted by Crippen LogP contribution is 2.25. The second-order valence-corrected chi connectivity index (χ2v) is 7.95. The van der Waals surface area contributed by atoms with Crippen molar-refractivity contribution in [3.05, 3.63) is 29.0 Å². The molecule has 120 valence electrons. The molecule has 0 aliphatic carbocycles. The molecule has 0 bridgehead atoms. The van der Waals surface area contributed by atoms with Gasteiger partial charge in [0.25, 0.3) is 0 Å². The van der Waals surface area contributed by atoms with Crippen LogP contribution in [0, 0.1) is 0 Å². The lowest BCUT2D eigenvalue weighted by Gasteiger charge is -2.14. The quantitative estimate of drug-likeness (QED) is 0.641. The van der Waals surface area contributed by atoms with E-state index in [1.54, 1.807) is 18.5 Å². The van der Waals surface area contributed by atoms with Crippen molar-refractivity contribution in [2.45, 2.75) is 10.3 Å². The lowest BCUT2D eigenvalue weighted by molar-refractivity contribution is 0.210. The Bertz CT molecular complexity index is 722. The van der Waals surface area contributed by atoms with Gasteiger partial charge in [-0.3, -0.25) is 0 Å². The van der Waals surface area contributed by atoms with Crippen molar-refractivity contribution in [2.75, 3.05) is 30.0 Å². The zero-order valence-corrected chi connectivity index (χ0v) is 14.0. The molecule has 0 spiro atoms. The van der Waals surface area contributed by atoms with Crippen LogP contribution in [0.25, 0.3) is 0 Å². The van der Waals surface area contributed by atoms with Gasteiger partial charge in [0.2, 0.25) is 0 Å². The van der Waals surface area contributed by atoms with Crippen LogP contribution in [0.2, 0.25) is 5.15 Å². The number of sulfone groups is 1. The van der Waals surface area contributed by atoms with Gasteiger partial charge in [-0.15, -0.1) is 11.3 Å². The van der Waals surface area contributed by atoms with Crippen LogP contribution in [-0.4, -0.2) is 48.9 Å². The first-order valence-electron chi connectivity index (χ1n) is 6.30. The number of anilines is 2. The lowest BCUT2D eigenvalue weighted by atomic mass is 10.4. The number of nitrogens with one attached hydrogen (secondary N) is 2. The summed E-state index contributed by atoms with van der Waals surface area (Å²) in [6.45, 7) is 0.0205. The van der Waals surface area contributed by atoms with Crippen molar-refractivity contribution >= 4 is 44.3 Å². The molecule has 3 N–H and O–H groups in total. The van der Waals surface area contributed by atoms with E-state index in [4.69, 9.17) is 11.6 Å². The normalized spacial score (nSPS) is 12.9. The van der Waals surface area contributed by atoms with E-state index in [9.17, 15) is 13.5 Å². The molecule has 1 unspecified atom stereocenters. The molecule has 0 aromatic carbocycles. The standard InChI is InChI=1S/C12H15ClN4O3S2/c1-14-10-11(13)16-7-17-12(10)15-5-8(18)6-22(19,20)9-3-2-4-21-9/h2-4,7-8,14,18H,5-6H2,1H3,(H,15,16,17). The van der Waals surface area contributed by atoms with Crippen molar-refractivity contribution < 1.29 is 13.5 Å². The minimum Gasteiger partial charge on any atom is -0.390 e. The van der Waals surface area contributed by atoms with Gasteiger partial charge < -0.3 is 15.7 Å². The summed E-state index contributed by atoms with van der Waals surface area (Å²) in [6, 6.07) is 3.17. The minimum atomic E-state index is -3.49. The number of hydrogen-bond donors (Lipinski definition) is 3. The minimum absolute atomic E-state index is 0.0205. The van der Waals surface area contributed by atoms with Crippen LogP contribution in [0.5, 0.6) is 0 Å². The molecule has 0 saturated carbocycles. The van der Waals surface area contributed by atoms with Gasteiger partial charge in [-0.05, 0) is 11.4 Å². The number of nitrogens with zero attached hydrogens (tertiary/aromatic N) is 2. The summed E-state index contributed by atoms with van der Waals surface area (Å²) < 4.78 is 24.4. The molecule has 2 aromatic heterocycles. The van der Waals surface area contributed by atoms with Gasteiger partial charge in [-0.2, -0.15) is 0 Å². The maximum atomic E-state index is 12.1. The first kappa shape index (κ1) is 16.9. The Hall–Kier alpha value is -1.42. The van der Waals surface area contributed by atoms with Crippen molar-refractivity contribution in [1.29, 1.82) is 0 Å². The van der Waals surface area contributed by atoms with E-state index in [1.165, 1.54) is 12.4 Å². The third-order valence-electron chi connectivity index (χ3n) is 2.77. The molecule has 0 amide bonds. The molecule has 7 nitrogen and oxygen atoms in total. The Kier molecular flexibility index (Phi) is 5.57. The van der Waals surface area contributed by atoms with Crippen LogP contribution in [0.15, 0.2) is 28.0 Å². The molecule has 10 heteroatoms. The molecule has 2 heterocycles. The number of aliphatic hydroxyl groups is 1. The molecular formula is C12H15ClN4O3S2. The average Bonchev–Trinajstić information content (AvgIpc) is 2.99. The van der Waals surface area contributed by atoms with Crippen molar-refractivity contribution in [2.24, 2.45) is 0 Å². The molecule has 1 atom stereocenters. The summed E-state index contributed by atoms with van der Waals surface area (Å²) in [5.41, 5.74) is 0.484. The Morgan fingerprint density at radius 1 is 1.45 bits per heavy atom. The first-order chi connectivity index (χ1) is 10.4. The molecule has 0 radical (unpaired) electrons. The van der Waals surface area contributed by atoms with Gasteiger partial charge in [-0.1, -0.05) is 17.7 Å². The monoisotopic (exact) mass is 362 g/mol. The molecule has 2 aromatic rings. The maximum absolute atomic E-state index is 12.1. The largest absolute Gasteiger partial charge is 0.390 e. The van der Waals surface area contributed by atoms with E-state index in [1.807, 2.05) is 0 Å². The summed E-state index contributed by atoms with van der Waals surface area (Å²) >= 11 is 7.04.